The fourth-order valence-electron chi connectivity index (χ4n) is 2.75. The molecule has 3 rings (SSSR count). The number of hydrogen-bond donors (Lipinski definition) is 2. The molecule has 0 spiro atoms. The smallest absolute Gasteiger partial charge is 0.262 e. The summed E-state index contributed by atoms with van der Waals surface area (Å²) in [4.78, 5) is 11.8. The molecule has 1 fully saturated rings. The van der Waals surface area contributed by atoms with Crippen LogP contribution >= 0.6 is 0 Å². The first-order valence-electron chi connectivity index (χ1n) is 7.40. The van der Waals surface area contributed by atoms with Crippen molar-refractivity contribution in [3.05, 3.63) is 48.0 Å². The standard InChI is InChI=1S/C17H18F2N2O/c18-17(19)10-15(21-11-17)16(22)20-8-7-12-5-6-13-3-1-2-4-14(13)9-12/h1-6,9,15,21H,7-8,10-11H2,(H,20,22). The van der Waals surface area contributed by atoms with Crippen molar-refractivity contribution in [3.8, 4) is 0 Å². The Hall–Kier alpha value is -2.01. The number of hydrogen-bond acceptors (Lipinski definition) is 2. The Bertz CT molecular complexity index is 687. The van der Waals surface area contributed by atoms with Crippen LogP contribution in [-0.4, -0.2) is 31.0 Å². The molecule has 5 heteroatoms. The summed E-state index contributed by atoms with van der Waals surface area (Å²) in [6, 6.07) is 13.4. The molecule has 2 aromatic carbocycles. The van der Waals surface area contributed by atoms with Gasteiger partial charge in [0.25, 0.3) is 5.92 Å². The quantitative estimate of drug-likeness (QED) is 0.911. The lowest BCUT2D eigenvalue weighted by atomic mass is 10.1. The highest BCUT2D eigenvalue weighted by Crippen LogP contribution is 2.25. The van der Waals surface area contributed by atoms with Gasteiger partial charge in [0.15, 0.2) is 0 Å². The third-order valence-electron chi connectivity index (χ3n) is 3.95. The number of alkyl halides is 2. The summed E-state index contributed by atoms with van der Waals surface area (Å²) < 4.78 is 26.1. The number of nitrogens with one attached hydrogen (secondary N) is 2. The molecule has 1 saturated heterocycles. The minimum absolute atomic E-state index is 0.349. The van der Waals surface area contributed by atoms with Crippen molar-refractivity contribution in [2.45, 2.75) is 24.8 Å². The third kappa shape index (κ3) is 3.42. The molecule has 22 heavy (non-hydrogen) atoms. The van der Waals surface area contributed by atoms with Crippen molar-refractivity contribution in [2.24, 2.45) is 0 Å². The lowest BCUT2D eigenvalue weighted by molar-refractivity contribution is -0.123. The van der Waals surface area contributed by atoms with Crippen molar-refractivity contribution in [2.75, 3.05) is 13.1 Å². The Morgan fingerprint density at radius 3 is 2.73 bits per heavy atom. The predicted molar refractivity (Wildman–Crippen MR) is 82.0 cm³/mol. The Balaban J connectivity index is 1.53. The van der Waals surface area contributed by atoms with Gasteiger partial charge in [0.2, 0.25) is 5.91 Å². The highest BCUT2D eigenvalue weighted by molar-refractivity contribution is 5.83. The van der Waals surface area contributed by atoms with Gasteiger partial charge in [-0.2, -0.15) is 0 Å². The molecular weight excluding hydrogens is 286 g/mol. The zero-order valence-corrected chi connectivity index (χ0v) is 12.1. The van der Waals surface area contributed by atoms with E-state index in [0.29, 0.717) is 13.0 Å². The fraction of sp³-hybridized carbons (Fsp3) is 0.353. The van der Waals surface area contributed by atoms with Crippen molar-refractivity contribution < 1.29 is 13.6 Å². The first kappa shape index (κ1) is 14.9. The fourth-order valence-corrected chi connectivity index (χ4v) is 2.75. The van der Waals surface area contributed by atoms with Gasteiger partial charge in [0.05, 0.1) is 12.6 Å². The molecule has 1 atom stereocenters. The van der Waals surface area contributed by atoms with Gasteiger partial charge in [-0.3, -0.25) is 10.1 Å². The summed E-state index contributed by atoms with van der Waals surface area (Å²) in [6.07, 6.45) is 0.258. The molecule has 1 unspecified atom stereocenters. The highest BCUT2D eigenvalue weighted by atomic mass is 19.3. The normalized spacial score (nSPS) is 20.2. The summed E-state index contributed by atoms with van der Waals surface area (Å²) >= 11 is 0. The van der Waals surface area contributed by atoms with Crippen molar-refractivity contribution >= 4 is 16.7 Å². The van der Waals surface area contributed by atoms with E-state index in [4.69, 9.17) is 0 Å². The largest absolute Gasteiger partial charge is 0.354 e. The minimum atomic E-state index is -2.78. The van der Waals surface area contributed by atoms with Gasteiger partial charge in [-0.15, -0.1) is 0 Å². The average Bonchev–Trinajstić information content (AvgIpc) is 2.87. The van der Waals surface area contributed by atoms with Crippen molar-refractivity contribution in [1.29, 1.82) is 0 Å². The zero-order valence-electron chi connectivity index (χ0n) is 12.1. The van der Waals surface area contributed by atoms with Crippen LogP contribution in [0.2, 0.25) is 0 Å². The van der Waals surface area contributed by atoms with E-state index in [1.807, 2.05) is 36.4 Å². The number of amides is 1. The molecule has 2 aromatic rings. The summed E-state index contributed by atoms with van der Waals surface area (Å²) in [7, 11) is 0. The van der Waals surface area contributed by atoms with E-state index >= 15 is 0 Å². The van der Waals surface area contributed by atoms with Crippen LogP contribution in [0, 0.1) is 0 Å². The molecule has 0 aromatic heterocycles. The molecule has 0 aliphatic carbocycles. The molecule has 0 saturated carbocycles. The SMILES string of the molecule is O=C(NCCc1ccc2ccccc2c1)C1CC(F)(F)CN1. The van der Waals surface area contributed by atoms with Gasteiger partial charge in [0, 0.05) is 13.0 Å². The molecule has 3 nitrogen and oxygen atoms in total. The number of fused-ring (bicyclic) bond motifs is 1. The Kier molecular flexibility index (Phi) is 4.07. The van der Waals surface area contributed by atoms with E-state index in [0.717, 1.165) is 10.9 Å². The van der Waals surface area contributed by atoms with E-state index in [-0.39, 0.29) is 5.91 Å². The van der Waals surface area contributed by atoms with E-state index in [2.05, 4.69) is 16.7 Å². The first-order chi connectivity index (χ1) is 10.5. The predicted octanol–water partition coefficient (Wildman–Crippen LogP) is 2.50. The second kappa shape index (κ2) is 6.01. The van der Waals surface area contributed by atoms with E-state index < -0.39 is 24.9 Å². The molecule has 1 aliphatic rings. The van der Waals surface area contributed by atoms with Gasteiger partial charge in [-0.1, -0.05) is 42.5 Å². The summed E-state index contributed by atoms with van der Waals surface area (Å²) in [5.74, 6) is -3.13. The van der Waals surface area contributed by atoms with Crippen molar-refractivity contribution in [3.63, 3.8) is 0 Å². The molecule has 1 amide bonds. The van der Waals surface area contributed by atoms with Crippen LogP contribution in [0.5, 0.6) is 0 Å². The lowest BCUT2D eigenvalue weighted by Crippen LogP contribution is -2.41. The molecule has 0 radical (unpaired) electrons. The maximum Gasteiger partial charge on any atom is 0.262 e. The molecule has 1 heterocycles. The van der Waals surface area contributed by atoms with Crippen LogP contribution in [0.4, 0.5) is 8.78 Å². The Morgan fingerprint density at radius 2 is 2.00 bits per heavy atom. The van der Waals surface area contributed by atoms with E-state index in [9.17, 15) is 13.6 Å². The van der Waals surface area contributed by atoms with Gasteiger partial charge in [0.1, 0.15) is 0 Å². The molecule has 1 aliphatic heterocycles. The molecule has 0 bridgehead atoms. The maximum absolute atomic E-state index is 13.0. The third-order valence-corrected chi connectivity index (χ3v) is 3.95. The second-order valence-electron chi connectivity index (χ2n) is 5.72. The first-order valence-corrected chi connectivity index (χ1v) is 7.40. The Morgan fingerprint density at radius 1 is 1.23 bits per heavy atom. The monoisotopic (exact) mass is 304 g/mol. The summed E-state index contributed by atoms with van der Waals surface area (Å²) in [5, 5.41) is 7.61. The van der Waals surface area contributed by atoms with Crippen LogP contribution in [-0.2, 0) is 11.2 Å². The maximum atomic E-state index is 13.0. The van der Waals surface area contributed by atoms with Crippen LogP contribution in [0.1, 0.15) is 12.0 Å². The van der Waals surface area contributed by atoms with E-state index in [1.54, 1.807) is 0 Å². The Labute approximate surface area is 127 Å². The summed E-state index contributed by atoms with van der Waals surface area (Å²) in [5.41, 5.74) is 1.11. The van der Waals surface area contributed by atoms with Gasteiger partial charge < -0.3 is 5.32 Å². The second-order valence-corrected chi connectivity index (χ2v) is 5.72. The molecule has 116 valence electrons. The van der Waals surface area contributed by atoms with Gasteiger partial charge >= 0.3 is 0 Å². The van der Waals surface area contributed by atoms with Crippen LogP contribution in [0.3, 0.4) is 0 Å². The number of carbonyl (C=O) groups is 1. The lowest BCUT2D eigenvalue weighted by Gasteiger charge is -2.11. The number of halogens is 2. The minimum Gasteiger partial charge on any atom is -0.354 e. The topological polar surface area (TPSA) is 41.1 Å². The molecule has 2 N–H and O–H groups in total. The van der Waals surface area contributed by atoms with Crippen molar-refractivity contribution in [1.82, 2.24) is 10.6 Å². The number of rotatable bonds is 4. The zero-order chi connectivity index (χ0) is 15.6. The van der Waals surface area contributed by atoms with Crippen LogP contribution in [0.15, 0.2) is 42.5 Å². The van der Waals surface area contributed by atoms with Gasteiger partial charge in [-0.25, -0.2) is 8.78 Å². The number of benzene rings is 2. The van der Waals surface area contributed by atoms with E-state index in [1.165, 1.54) is 5.39 Å². The average molecular weight is 304 g/mol. The highest BCUT2D eigenvalue weighted by Gasteiger charge is 2.42. The number of carbonyl (C=O) groups excluding carboxylic acids is 1. The van der Waals surface area contributed by atoms with Crippen LogP contribution in [0.25, 0.3) is 10.8 Å². The van der Waals surface area contributed by atoms with Crippen LogP contribution < -0.4 is 10.6 Å². The van der Waals surface area contributed by atoms with Gasteiger partial charge in [-0.05, 0) is 22.8 Å². The summed E-state index contributed by atoms with van der Waals surface area (Å²) in [6.45, 7) is 0.0245. The molecular formula is C17H18F2N2O.